The Morgan fingerprint density at radius 3 is 2.38 bits per heavy atom. The van der Waals surface area contributed by atoms with E-state index < -0.39 is 12.6 Å². The number of methoxy groups -OCH3 is 2. The SMILES string of the molecule is COc1cccc(OC)c1-n1c(OCC(=O)O)nnc1-c1ccc(C)o1. The molecule has 3 rings (SSSR count). The highest BCUT2D eigenvalue weighted by Gasteiger charge is 2.25. The van der Waals surface area contributed by atoms with Crippen LogP contribution >= 0.6 is 0 Å². The van der Waals surface area contributed by atoms with E-state index in [4.69, 9.17) is 23.7 Å². The highest BCUT2D eigenvalue weighted by molar-refractivity contribution is 5.68. The van der Waals surface area contributed by atoms with Crippen LogP contribution in [0.5, 0.6) is 17.5 Å². The molecule has 0 fully saturated rings. The van der Waals surface area contributed by atoms with Gasteiger partial charge in [0, 0.05) is 0 Å². The highest BCUT2D eigenvalue weighted by Crippen LogP contribution is 2.38. The fraction of sp³-hybridized carbons (Fsp3) is 0.235. The number of carboxylic acids is 1. The fourth-order valence-electron chi connectivity index (χ4n) is 2.46. The Hall–Kier alpha value is -3.49. The molecule has 2 aromatic heterocycles. The molecule has 0 radical (unpaired) electrons. The zero-order valence-corrected chi connectivity index (χ0v) is 14.4. The van der Waals surface area contributed by atoms with E-state index in [-0.39, 0.29) is 6.01 Å². The minimum absolute atomic E-state index is 0.0285. The molecule has 9 heteroatoms. The Morgan fingerprint density at radius 1 is 1.15 bits per heavy atom. The average molecular weight is 359 g/mol. The largest absolute Gasteiger partial charge is 0.494 e. The molecule has 0 atom stereocenters. The maximum atomic E-state index is 10.9. The van der Waals surface area contributed by atoms with Crippen molar-refractivity contribution in [3.8, 4) is 34.8 Å². The quantitative estimate of drug-likeness (QED) is 0.684. The van der Waals surface area contributed by atoms with Crippen LogP contribution in [0.3, 0.4) is 0 Å². The second kappa shape index (κ2) is 7.18. The number of aryl methyl sites for hydroxylation is 1. The number of benzene rings is 1. The van der Waals surface area contributed by atoms with Gasteiger partial charge in [-0.1, -0.05) is 11.2 Å². The standard InChI is InChI=1S/C17H17N3O6/c1-10-7-8-13(26-10)16-18-19-17(25-9-14(21)22)20(16)15-11(23-2)5-4-6-12(15)24-3/h4-8H,9H2,1-3H3,(H,21,22). The second-order valence-corrected chi connectivity index (χ2v) is 5.25. The van der Waals surface area contributed by atoms with Crippen molar-refractivity contribution in [3.05, 3.63) is 36.1 Å². The van der Waals surface area contributed by atoms with Gasteiger partial charge in [-0.05, 0) is 31.2 Å². The van der Waals surface area contributed by atoms with Crippen molar-refractivity contribution in [2.45, 2.75) is 6.92 Å². The molecule has 136 valence electrons. The van der Waals surface area contributed by atoms with Gasteiger partial charge in [-0.3, -0.25) is 0 Å². The first-order valence-electron chi connectivity index (χ1n) is 7.63. The van der Waals surface area contributed by atoms with Gasteiger partial charge >= 0.3 is 12.0 Å². The van der Waals surface area contributed by atoms with Gasteiger partial charge in [0.15, 0.2) is 12.4 Å². The van der Waals surface area contributed by atoms with E-state index in [1.165, 1.54) is 18.8 Å². The van der Waals surface area contributed by atoms with Gasteiger partial charge in [-0.25, -0.2) is 9.36 Å². The first-order chi connectivity index (χ1) is 12.5. The highest BCUT2D eigenvalue weighted by atomic mass is 16.5. The van der Waals surface area contributed by atoms with E-state index in [0.717, 1.165) is 0 Å². The molecule has 2 heterocycles. The van der Waals surface area contributed by atoms with Crippen LogP contribution < -0.4 is 14.2 Å². The maximum absolute atomic E-state index is 10.9. The molecule has 0 saturated heterocycles. The summed E-state index contributed by atoms with van der Waals surface area (Å²) in [5.74, 6) is 1.24. The number of hydrogen-bond acceptors (Lipinski definition) is 7. The Balaban J connectivity index is 2.24. The van der Waals surface area contributed by atoms with Crippen LogP contribution in [-0.4, -0.2) is 46.7 Å². The van der Waals surface area contributed by atoms with Crippen molar-refractivity contribution in [1.82, 2.24) is 14.8 Å². The van der Waals surface area contributed by atoms with Crippen LogP contribution in [0.2, 0.25) is 0 Å². The Morgan fingerprint density at radius 2 is 1.85 bits per heavy atom. The van der Waals surface area contributed by atoms with E-state index in [2.05, 4.69) is 10.2 Å². The van der Waals surface area contributed by atoms with Crippen molar-refractivity contribution in [2.75, 3.05) is 20.8 Å². The van der Waals surface area contributed by atoms with Crippen LogP contribution in [0.25, 0.3) is 17.3 Å². The molecule has 0 unspecified atom stereocenters. The Bertz CT molecular complexity index is 908. The van der Waals surface area contributed by atoms with Crippen LogP contribution in [0.4, 0.5) is 0 Å². The summed E-state index contributed by atoms with van der Waals surface area (Å²) in [6, 6.07) is 8.72. The molecule has 26 heavy (non-hydrogen) atoms. The summed E-state index contributed by atoms with van der Waals surface area (Å²) in [6.45, 7) is 1.22. The van der Waals surface area contributed by atoms with Crippen LogP contribution in [0.1, 0.15) is 5.76 Å². The van der Waals surface area contributed by atoms with Crippen molar-refractivity contribution in [1.29, 1.82) is 0 Å². The molecule has 0 aliphatic carbocycles. The van der Waals surface area contributed by atoms with Gasteiger partial charge in [0.25, 0.3) is 0 Å². The third-order valence-corrected chi connectivity index (χ3v) is 3.54. The predicted molar refractivity (Wildman–Crippen MR) is 90.0 cm³/mol. The lowest BCUT2D eigenvalue weighted by Crippen LogP contribution is -2.13. The number of rotatable bonds is 7. The van der Waals surface area contributed by atoms with E-state index >= 15 is 0 Å². The van der Waals surface area contributed by atoms with Gasteiger partial charge in [-0.15, -0.1) is 5.10 Å². The smallest absolute Gasteiger partial charge is 0.341 e. The number of carbonyl (C=O) groups is 1. The molecular formula is C17H17N3O6. The summed E-state index contributed by atoms with van der Waals surface area (Å²) in [4.78, 5) is 10.9. The summed E-state index contributed by atoms with van der Waals surface area (Å²) >= 11 is 0. The topological polar surface area (TPSA) is 109 Å². The number of aromatic nitrogens is 3. The molecule has 0 aliphatic rings. The van der Waals surface area contributed by atoms with Gasteiger partial charge < -0.3 is 23.7 Å². The first-order valence-corrected chi connectivity index (χ1v) is 7.63. The maximum Gasteiger partial charge on any atom is 0.341 e. The lowest BCUT2D eigenvalue weighted by atomic mass is 10.2. The molecule has 0 saturated carbocycles. The first kappa shape index (κ1) is 17.3. The minimum Gasteiger partial charge on any atom is -0.494 e. The number of hydrogen-bond donors (Lipinski definition) is 1. The predicted octanol–water partition coefficient (Wildman–Crippen LogP) is 2.32. The summed E-state index contributed by atoms with van der Waals surface area (Å²) in [5, 5.41) is 17.0. The van der Waals surface area contributed by atoms with E-state index in [1.807, 2.05) is 0 Å². The lowest BCUT2D eigenvalue weighted by Gasteiger charge is -2.16. The number of aliphatic carboxylic acids is 1. The Kier molecular flexibility index (Phi) is 4.78. The zero-order valence-electron chi connectivity index (χ0n) is 14.4. The summed E-state index contributed by atoms with van der Waals surface area (Å²) in [5.41, 5.74) is 0.465. The van der Waals surface area contributed by atoms with Gasteiger partial charge in [0.05, 0.1) is 14.2 Å². The van der Waals surface area contributed by atoms with Gasteiger partial charge in [-0.2, -0.15) is 0 Å². The van der Waals surface area contributed by atoms with Crippen molar-refractivity contribution in [2.24, 2.45) is 0 Å². The van der Waals surface area contributed by atoms with E-state index in [9.17, 15) is 4.79 Å². The monoisotopic (exact) mass is 359 g/mol. The summed E-state index contributed by atoms with van der Waals surface area (Å²) < 4.78 is 23.3. The van der Waals surface area contributed by atoms with Crippen molar-refractivity contribution >= 4 is 5.97 Å². The van der Waals surface area contributed by atoms with Crippen LogP contribution in [0, 0.1) is 6.92 Å². The average Bonchev–Trinajstić information content (AvgIpc) is 3.24. The number of furan rings is 1. The molecule has 9 nitrogen and oxygen atoms in total. The molecule has 0 bridgehead atoms. The van der Waals surface area contributed by atoms with Crippen molar-refractivity contribution in [3.63, 3.8) is 0 Å². The van der Waals surface area contributed by atoms with Crippen LogP contribution in [-0.2, 0) is 4.79 Å². The fourth-order valence-corrected chi connectivity index (χ4v) is 2.46. The van der Waals surface area contributed by atoms with Gasteiger partial charge in [0.1, 0.15) is 22.9 Å². The number of ether oxygens (including phenoxy) is 3. The summed E-state index contributed by atoms with van der Waals surface area (Å²) in [6.07, 6.45) is 0. The number of carboxylic acid groups (broad SMARTS) is 1. The number of para-hydroxylation sites is 1. The molecule has 3 aromatic rings. The van der Waals surface area contributed by atoms with Crippen LogP contribution in [0.15, 0.2) is 34.7 Å². The summed E-state index contributed by atoms with van der Waals surface area (Å²) in [7, 11) is 3.02. The minimum atomic E-state index is -1.14. The molecule has 1 N–H and O–H groups in total. The molecule has 0 spiro atoms. The van der Waals surface area contributed by atoms with E-state index in [0.29, 0.717) is 34.5 Å². The zero-order chi connectivity index (χ0) is 18.7. The molecule has 1 aromatic carbocycles. The van der Waals surface area contributed by atoms with Gasteiger partial charge in [0.2, 0.25) is 5.82 Å². The van der Waals surface area contributed by atoms with Crippen molar-refractivity contribution < 1.29 is 28.5 Å². The second-order valence-electron chi connectivity index (χ2n) is 5.25. The molecular weight excluding hydrogens is 342 g/mol. The lowest BCUT2D eigenvalue weighted by molar-refractivity contribution is -0.139. The number of nitrogens with zero attached hydrogens (tertiary/aromatic N) is 3. The molecule has 0 amide bonds. The third kappa shape index (κ3) is 3.18. The molecule has 0 aliphatic heterocycles. The van der Waals surface area contributed by atoms with E-state index in [1.54, 1.807) is 37.3 Å². The Labute approximate surface area is 148 Å². The third-order valence-electron chi connectivity index (χ3n) is 3.54. The normalized spacial score (nSPS) is 10.6.